The zero-order valence-corrected chi connectivity index (χ0v) is 11.4. The lowest BCUT2D eigenvalue weighted by Gasteiger charge is -2.16. The van der Waals surface area contributed by atoms with E-state index in [1.807, 2.05) is 0 Å². The first-order chi connectivity index (χ1) is 7.74. The van der Waals surface area contributed by atoms with Gasteiger partial charge in [0.15, 0.2) is 5.13 Å². The smallest absolute Gasteiger partial charge is 0.187 e. The van der Waals surface area contributed by atoms with Crippen molar-refractivity contribution in [3.8, 4) is 0 Å². The van der Waals surface area contributed by atoms with E-state index in [1.54, 1.807) is 11.3 Å². The fourth-order valence-electron chi connectivity index (χ4n) is 1.58. The number of aromatic nitrogens is 1. The van der Waals surface area contributed by atoms with Crippen LogP contribution in [-0.2, 0) is 6.54 Å². The van der Waals surface area contributed by atoms with Crippen LogP contribution in [0.1, 0.15) is 31.6 Å². The first-order valence-electron chi connectivity index (χ1n) is 5.88. The zero-order chi connectivity index (χ0) is 11.5. The van der Waals surface area contributed by atoms with E-state index >= 15 is 0 Å². The van der Waals surface area contributed by atoms with Crippen LogP contribution in [0.4, 0.5) is 5.13 Å². The Bertz CT molecular complexity index is 345. The zero-order valence-electron chi connectivity index (χ0n) is 9.79. The lowest BCUT2D eigenvalue weighted by molar-refractivity contribution is 0.694. The minimum absolute atomic E-state index is 0.667. The number of rotatable bonds is 6. The van der Waals surface area contributed by atoms with Crippen LogP contribution in [-0.4, -0.2) is 24.1 Å². The molecule has 0 saturated heterocycles. The third-order valence-electron chi connectivity index (χ3n) is 2.80. The molecule has 0 bridgehead atoms. The molecule has 5 heteroatoms. The predicted octanol–water partition coefficient (Wildman–Crippen LogP) is 2.89. The number of thiazole rings is 1. The van der Waals surface area contributed by atoms with Crippen molar-refractivity contribution in [2.75, 3.05) is 18.0 Å². The monoisotopic (exact) mass is 259 g/mol. The molecule has 0 aromatic carbocycles. The predicted molar refractivity (Wildman–Crippen MR) is 70.5 cm³/mol. The van der Waals surface area contributed by atoms with Crippen LogP contribution in [0.15, 0.2) is 0 Å². The van der Waals surface area contributed by atoms with Crippen LogP contribution < -0.4 is 10.2 Å². The van der Waals surface area contributed by atoms with Crippen molar-refractivity contribution in [1.82, 2.24) is 10.3 Å². The van der Waals surface area contributed by atoms with E-state index in [0.717, 1.165) is 35.7 Å². The van der Waals surface area contributed by atoms with Gasteiger partial charge in [0.1, 0.15) is 5.15 Å². The summed E-state index contributed by atoms with van der Waals surface area (Å²) < 4.78 is 0. The van der Waals surface area contributed by atoms with Crippen LogP contribution in [0.5, 0.6) is 0 Å². The van der Waals surface area contributed by atoms with Gasteiger partial charge in [0.2, 0.25) is 0 Å². The second-order valence-corrected chi connectivity index (χ2v) is 5.46. The Morgan fingerprint density at radius 1 is 1.44 bits per heavy atom. The highest BCUT2D eigenvalue weighted by Gasteiger charge is 2.21. The highest BCUT2D eigenvalue weighted by molar-refractivity contribution is 7.16. The third kappa shape index (κ3) is 2.87. The third-order valence-corrected chi connectivity index (χ3v) is 4.34. The molecule has 3 nitrogen and oxygen atoms in total. The van der Waals surface area contributed by atoms with Gasteiger partial charge < -0.3 is 10.2 Å². The Balaban J connectivity index is 2.01. The molecule has 16 heavy (non-hydrogen) atoms. The van der Waals surface area contributed by atoms with E-state index in [1.165, 1.54) is 12.8 Å². The number of nitrogens with zero attached hydrogens (tertiary/aromatic N) is 2. The Morgan fingerprint density at radius 2 is 2.12 bits per heavy atom. The average Bonchev–Trinajstić information content (AvgIpc) is 3.03. The summed E-state index contributed by atoms with van der Waals surface area (Å²) in [4.78, 5) is 7.82. The summed E-state index contributed by atoms with van der Waals surface area (Å²) in [5.74, 6) is 0. The molecule has 90 valence electrons. The standard InChI is InChI=1S/C11H18ClN3S/c1-3-15(4-2)11-14-10(12)9(16-11)7-13-8-5-6-8/h8,13H,3-7H2,1-2H3. The molecule has 1 aromatic rings. The van der Waals surface area contributed by atoms with E-state index < -0.39 is 0 Å². The van der Waals surface area contributed by atoms with Crippen molar-refractivity contribution in [1.29, 1.82) is 0 Å². The van der Waals surface area contributed by atoms with E-state index in [2.05, 4.69) is 29.0 Å². The largest absolute Gasteiger partial charge is 0.349 e. The van der Waals surface area contributed by atoms with Crippen molar-refractivity contribution >= 4 is 28.1 Å². The van der Waals surface area contributed by atoms with Gasteiger partial charge in [-0.15, -0.1) is 0 Å². The summed E-state index contributed by atoms with van der Waals surface area (Å²) in [6, 6.07) is 0.718. The molecule has 0 spiro atoms. The van der Waals surface area contributed by atoms with Gasteiger partial charge >= 0.3 is 0 Å². The molecule has 0 atom stereocenters. The molecule has 1 aliphatic rings. The van der Waals surface area contributed by atoms with Crippen molar-refractivity contribution in [2.24, 2.45) is 0 Å². The molecular formula is C11H18ClN3S. The summed E-state index contributed by atoms with van der Waals surface area (Å²) in [6.45, 7) is 7.11. The summed E-state index contributed by atoms with van der Waals surface area (Å²) >= 11 is 7.85. The lowest BCUT2D eigenvalue weighted by Crippen LogP contribution is -2.21. The quantitative estimate of drug-likeness (QED) is 0.852. The normalized spacial score (nSPS) is 15.4. The van der Waals surface area contributed by atoms with Crippen molar-refractivity contribution < 1.29 is 0 Å². The van der Waals surface area contributed by atoms with Crippen LogP contribution in [0, 0.1) is 0 Å². The second-order valence-electron chi connectivity index (χ2n) is 4.04. The maximum Gasteiger partial charge on any atom is 0.187 e. The topological polar surface area (TPSA) is 28.2 Å². The molecule has 2 rings (SSSR count). The molecule has 0 aliphatic heterocycles. The Hall–Kier alpha value is -0.320. The van der Waals surface area contributed by atoms with Crippen molar-refractivity contribution in [3.63, 3.8) is 0 Å². The molecular weight excluding hydrogens is 242 g/mol. The molecule has 1 fully saturated rings. The molecule has 0 radical (unpaired) electrons. The lowest BCUT2D eigenvalue weighted by atomic mass is 10.5. The van der Waals surface area contributed by atoms with Gasteiger partial charge in [-0.2, -0.15) is 0 Å². The van der Waals surface area contributed by atoms with Crippen LogP contribution in [0.2, 0.25) is 5.15 Å². The molecule has 0 unspecified atom stereocenters. The Labute approximate surface area is 106 Å². The minimum Gasteiger partial charge on any atom is -0.349 e. The number of hydrogen-bond acceptors (Lipinski definition) is 4. The van der Waals surface area contributed by atoms with E-state index in [4.69, 9.17) is 11.6 Å². The fraction of sp³-hybridized carbons (Fsp3) is 0.727. The molecule has 1 aliphatic carbocycles. The number of halogens is 1. The van der Waals surface area contributed by atoms with E-state index in [0.29, 0.717) is 5.15 Å². The SMILES string of the molecule is CCN(CC)c1nc(Cl)c(CNC2CC2)s1. The van der Waals surface area contributed by atoms with Gasteiger partial charge in [0.05, 0.1) is 4.88 Å². The molecule has 0 amide bonds. The van der Waals surface area contributed by atoms with Crippen LogP contribution >= 0.6 is 22.9 Å². The summed E-state index contributed by atoms with van der Waals surface area (Å²) in [6.07, 6.45) is 2.61. The maximum absolute atomic E-state index is 6.14. The van der Waals surface area contributed by atoms with E-state index in [9.17, 15) is 0 Å². The average molecular weight is 260 g/mol. The fourth-order valence-corrected chi connectivity index (χ4v) is 2.93. The van der Waals surface area contributed by atoms with Crippen LogP contribution in [0.25, 0.3) is 0 Å². The number of anilines is 1. The Kier molecular flexibility index (Phi) is 4.05. The summed E-state index contributed by atoms with van der Waals surface area (Å²) in [7, 11) is 0. The first-order valence-corrected chi connectivity index (χ1v) is 7.07. The van der Waals surface area contributed by atoms with Gasteiger partial charge in [-0.1, -0.05) is 22.9 Å². The highest BCUT2D eigenvalue weighted by atomic mass is 35.5. The molecule has 1 heterocycles. The maximum atomic E-state index is 6.14. The Morgan fingerprint density at radius 3 is 2.69 bits per heavy atom. The van der Waals surface area contributed by atoms with Crippen LogP contribution in [0.3, 0.4) is 0 Å². The number of hydrogen-bond donors (Lipinski definition) is 1. The number of nitrogens with one attached hydrogen (secondary N) is 1. The van der Waals surface area contributed by atoms with Gasteiger partial charge in [-0.25, -0.2) is 4.98 Å². The van der Waals surface area contributed by atoms with Gasteiger partial charge in [-0.05, 0) is 26.7 Å². The minimum atomic E-state index is 0.667. The molecule has 1 saturated carbocycles. The van der Waals surface area contributed by atoms with Gasteiger partial charge in [-0.3, -0.25) is 0 Å². The van der Waals surface area contributed by atoms with E-state index in [-0.39, 0.29) is 0 Å². The summed E-state index contributed by atoms with van der Waals surface area (Å²) in [5, 5.41) is 5.18. The summed E-state index contributed by atoms with van der Waals surface area (Å²) in [5.41, 5.74) is 0. The van der Waals surface area contributed by atoms with Crippen molar-refractivity contribution in [3.05, 3.63) is 10.0 Å². The van der Waals surface area contributed by atoms with Crippen molar-refractivity contribution in [2.45, 2.75) is 39.3 Å². The second kappa shape index (κ2) is 5.34. The molecule has 1 aromatic heterocycles. The highest BCUT2D eigenvalue weighted by Crippen LogP contribution is 2.30. The first kappa shape index (κ1) is 12.1. The molecule has 1 N–H and O–H groups in total. The van der Waals surface area contributed by atoms with Gasteiger partial charge in [0.25, 0.3) is 0 Å². The van der Waals surface area contributed by atoms with Gasteiger partial charge in [0, 0.05) is 25.7 Å².